The van der Waals surface area contributed by atoms with Gasteiger partial charge >= 0.3 is 5.91 Å². The highest BCUT2D eigenvalue weighted by Gasteiger charge is 2.48. The smallest absolute Gasteiger partial charge is 0.301 e. The molecule has 9 nitrogen and oxygen atoms in total. The molecule has 1 aliphatic heterocycles. The summed E-state index contributed by atoms with van der Waals surface area (Å²) in [7, 11) is 1.52. The van der Waals surface area contributed by atoms with Gasteiger partial charge in [0.05, 0.1) is 25.3 Å². The number of ether oxygens (including phenoxy) is 3. The van der Waals surface area contributed by atoms with Crippen molar-refractivity contribution in [2.24, 2.45) is 0 Å². The van der Waals surface area contributed by atoms with Gasteiger partial charge in [0.25, 0.3) is 5.78 Å². The van der Waals surface area contributed by atoms with E-state index in [0.29, 0.717) is 51.7 Å². The number of rotatable bonds is 12. The number of anilines is 1. The largest absolute Gasteiger partial charge is 0.507 e. The van der Waals surface area contributed by atoms with Crippen molar-refractivity contribution in [3.8, 4) is 17.2 Å². The number of amides is 1. The fourth-order valence-corrected chi connectivity index (χ4v) is 7.17. The van der Waals surface area contributed by atoms with Crippen LogP contribution in [0.2, 0.25) is 0 Å². The Labute approximate surface area is 286 Å². The summed E-state index contributed by atoms with van der Waals surface area (Å²) >= 11 is 2.69. The molecule has 0 spiro atoms. The molecule has 0 aliphatic carbocycles. The van der Waals surface area contributed by atoms with Crippen molar-refractivity contribution in [3.63, 3.8) is 0 Å². The molecule has 1 N–H and O–H groups in total. The summed E-state index contributed by atoms with van der Waals surface area (Å²) in [6.07, 6.45) is 0. The van der Waals surface area contributed by atoms with E-state index in [1.54, 1.807) is 42.5 Å². The van der Waals surface area contributed by atoms with Gasteiger partial charge in [-0.1, -0.05) is 83.8 Å². The number of aromatic nitrogens is 2. The van der Waals surface area contributed by atoms with Crippen molar-refractivity contribution < 1.29 is 28.9 Å². The Morgan fingerprint density at radius 2 is 1.67 bits per heavy atom. The minimum Gasteiger partial charge on any atom is -0.507 e. The van der Waals surface area contributed by atoms with Crippen LogP contribution < -0.4 is 19.1 Å². The molecule has 5 aromatic rings. The second-order valence-corrected chi connectivity index (χ2v) is 13.1. The molecule has 1 unspecified atom stereocenters. The van der Waals surface area contributed by atoms with Crippen LogP contribution in [0.3, 0.4) is 0 Å². The molecule has 0 bridgehead atoms. The number of aliphatic hydroxyl groups is 1. The number of thioether (sulfide) groups is 1. The zero-order valence-corrected chi connectivity index (χ0v) is 28.2. The summed E-state index contributed by atoms with van der Waals surface area (Å²) in [6.45, 7) is 4.70. The predicted molar refractivity (Wildman–Crippen MR) is 187 cm³/mol. The Morgan fingerprint density at radius 1 is 0.917 bits per heavy atom. The molecule has 6 rings (SSSR count). The second kappa shape index (κ2) is 14.7. The highest BCUT2D eigenvalue weighted by Crippen LogP contribution is 2.45. The molecule has 1 aliphatic rings. The molecular weight excluding hydrogens is 647 g/mol. The quantitative estimate of drug-likeness (QED) is 0.0465. The highest BCUT2D eigenvalue weighted by atomic mass is 32.2. The lowest BCUT2D eigenvalue weighted by molar-refractivity contribution is -0.132. The van der Waals surface area contributed by atoms with Crippen LogP contribution in [-0.2, 0) is 21.9 Å². The zero-order valence-electron chi connectivity index (χ0n) is 26.6. The van der Waals surface area contributed by atoms with Crippen molar-refractivity contribution in [3.05, 3.63) is 130 Å². The molecule has 1 amide bonds. The number of hydrogen-bond acceptors (Lipinski definition) is 10. The van der Waals surface area contributed by atoms with Crippen molar-refractivity contribution in [1.29, 1.82) is 0 Å². The van der Waals surface area contributed by atoms with E-state index in [4.69, 9.17) is 14.2 Å². The van der Waals surface area contributed by atoms with Crippen LogP contribution in [0.4, 0.5) is 5.13 Å². The molecule has 0 radical (unpaired) electrons. The lowest BCUT2D eigenvalue weighted by Gasteiger charge is -2.23. The van der Waals surface area contributed by atoms with Gasteiger partial charge in [-0.05, 0) is 72.5 Å². The summed E-state index contributed by atoms with van der Waals surface area (Å²) in [5.41, 5.74) is 4.12. The molecule has 2 heterocycles. The Balaban J connectivity index is 1.35. The van der Waals surface area contributed by atoms with Gasteiger partial charge in [0.2, 0.25) is 5.13 Å². The summed E-state index contributed by atoms with van der Waals surface area (Å²) < 4.78 is 17.9. The number of carbonyl (C=O) groups excluding carboxylic acids is 2. The van der Waals surface area contributed by atoms with Crippen molar-refractivity contribution >= 4 is 45.7 Å². The Morgan fingerprint density at radius 3 is 2.40 bits per heavy atom. The zero-order chi connectivity index (χ0) is 33.6. The molecule has 1 atom stereocenters. The Bertz CT molecular complexity index is 1960. The monoisotopic (exact) mass is 679 g/mol. The molecular formula is C37H33N3O6S2. The summed E-state index contributed by atoms with van der Waals surface area (Å²) in [5.74, 6) is 0.226. The third-order valence-corrected chi connectivity index (χ3v) is 9.97. The molecule has 11 heteroatoms. The normalized spacial score (nSPS) is 15.5. The number of nitrogens with zero attached hydrogens (tertiary/aromatic N) is 3. The van der Waals surface area contributed by atoms with E-state index < -0.39 is 17.7 Å². The first-order valence-corrected chi connectivity index (χ1v) is 17.1. The third kappa shape index (κ3) is 6.92. The highest BCUT2D eigenvalue weighted by molar-refractivity contribution is 8.00. The Hall–Kier alpha value is -5.13. The van der Waals surface area contributed by atoms with E-state index in [9.17, 15) is 14.7 Å². The van der Waals surface area contributed by atoms with Crippen LogP contribution in [0, 0.1) is 6.92 Å². The lowest BCUT2D eigenvalue weighted by atomic mass is 9.95. The molecule has 244 valence electrons. The number of ketones is 1. The van der Waals surface area contributed by atoms with Crippen molar-refractivity contribution in [2.75, 3.05) is 18.6 Å². The number of benzene rings is 4. The third-order valence-electron chi connectivity index (χ3n) is 7.84. The predicted octanol–water partition coefficient (Wildman–Crippen LogP) is 7.75. The first-order valence-electron chi connectivity index (χ1n) is 15.3. The number of methoxy groups -OCH3 is 1. The van der Waals surface area contributed by atoms with Crippen LogP contribution in [0.25, 0.3) is 5.76 Å². The molecule has 48 heavy (non-hydrogen) atoms. The summed E-state index contributed by atoms with van der Waals surface area (Å²) in [6, 6.07) is 28.9. The first-order chi connectivity index (χ1) is 23.4. The van der Waals surface area contributed by atoms with Gasteiger partial charge in [-0.25, -0.2) is 0 Å². The van der Waals surface area contributed by atoms with Gasteiger partial charge in [-0.15, -0.1) is 10.2 Å². The SMILES string of the molecule is CCOc1ccc(C2/C(=C(\O)c3ccc(OCc4ccccc4C)cc3)C(=O)C(=O)N2c2nnc(SCc3ccccc3)s2)cc1OC. The lowest BCUT2D eigenvalue weighted by Crippen LogP contribution is -2.29. The van der Waals surface area contributed by atoms with Crippen molar-refractivity contribution in [2.45, 2.75) is 36.6 Å². The van der Waals surface area contributed by atoms with Gasteiger partial charge in [0.15, 0.2) is 15.8 Å². The maximum absolute atomic E-state index is 13.7. The number of Topliss-reactive ketones (excluding diaryl/α,β-unsaturated/α-hetero) is 1. The second-order valence-electron chi connectivity index (χ2n) is 10.9. The van der Waals surface area contributed by atoms with Gasteiger partial charge in [-0.2, -0.15) is 0 Å². The van der Waals surface area contributed by atoms with Gasteiger partial charge < -0.3 is 19.3 Å². The minimum atomic E-state index is -1.01. The average molecular weight is 680 g/mol. The number of carbonyl (C=O) groups is 2. The van der Waals surface area contributed by atoms with E-state index in [1.165, 1.54) is 35.1 Å². The van der Waals surface area contributed by atoms with E-state index in [2.05, 4.69) is 10.2 Å². The summed E-state index contributed by atoms with van der Waals surface area (Å²) in [5, 5.41) is 20.5. The first kappa shape index (κ1) is 32.8. The van der Waals surface area contributed by atoms with Crippen LogP contribution in [0.1, 0.15) is 40.8 Å². The van der Waals surface area contributed by atoms with Crippen molar-refractivity contribution in [1.82, 2.24) is 10.2 Å². The van der Waals surface area contributed by atoms with E-state index in [-0.39, 0.29) is 16.5 Å². The van der Waals surface area contributed by atoms with Crippen LogP contribution in [0.5, 0.6) is 17.2 Å². The summed E-state index contributed by atoms with van der Waals surface area (Å²) in [4.78, 5) is 28.8. The maximum atomic E-state index is 13.7. The number of aryl methyl sites for hydroxylation is 1. The fourth-order valence-electron chi connectivity index (χ4n) is 5.35. The van der Waals surface area contributed by atoms with E-state index in [0.717, 1.165) is 16.7 Å². The fraction of sp³-hybridized carbons (Fsp3) is 0.189. The van der Waals surface area contributed by atoms with Crippen LogP contribution >= 0.6 is 23.1 Å². The molecule has 1 fully saturated rings. The average Bonchev–Trinajstić information content (AvgIpc) is 3.69. The van der Waals surface area contributed by atoms with Gasteiger partial charge in [0, 0.05) is 11.3 Å². The van der Waals surface area contributed by atoms with Crippen LogP contribution in [-0.4, -0.2) is 40.7 Å². The van der Waals surface area contributed by atoms with Gasteiger partial charge in [0.1, 0.15) is 18.1 Å². The molecule has 0 saturated carbocycles. The standard InChI is InChI=1S/C37H33N3O6S2/c1-4-45-29-19-16-26(20-30(29)44-3)32-31(33(41)25-14-17-28(18-15-25)46-21-27-13-9-8-10-23(27)2)34(42)35(43)40(32)36-38-39-37(48-36)47-22-24-11-6-5-7-12-24/h5-20,32,41H,4,21-22H2,1-3H3/b33-31+. The Kier molecular flexibility index (Phi) is 10.1. The van der Waals surface area contributed by atoms with Crippen LogP contribution in [0.15, 0.2) is 107 Å². The van der Waals surface area contributed by atoms with E-state index in [1.807, 2.05) is 68.4 Å². The number of aliphatic hydroxyl groups excluding tert-OH is 1. The van der Waals surface area contributed by atoms with Gasteiger partial charge in [-0.3, -0.25) is 14.5 Å². The molecule has 4 aromatic carbocycles. The molecule has 1 aromatic heterocycles. The molecule has 1 saturated heterocycles. The maximum Gasteiger partial charge on any atom is 0.301 e. The topological polar surface area (TPSA) is 111 Å². The minimum absolute atomic E-state index is 0.0755. The van der Waals surface area contributed by atoms with E-state index >= 15 is 0 Å². The number of hydrogen-bond donors (Lipinski definition) is 1.